The first-order valence-electron chi connectivity index (χ1n) is 6.36. The van der Waals surface area contributed by atoms with Gasteiger partial charge in [-0.1, -0.05) is 18.2 Å². The van der Waals surface area contributed by atoms with Crippen LogP contribution in [-0.4, -0.2) is 26.8 Å². The van der Waals surface area contributed by atoms with Crippen LogP contribution in [0.2, 0.25) is 0 Å². The van der Waals surface area contributed by atoms with E-state index in [2.05, 4.69) is 5.32 Å². The standard InChI is InChI=1S/C13H16F3NO2S/c14-13(15,16)11-4-1-3-10(7-11)8-20(18,19)9-12-5-2-6-17-12/h1,3-4,7,12,17H,2,5-6,8-9H2. The highest BCUT2D eigenvalue weighted by molar-refractivity contribution is 7.90. The molecule has 0 bridgehead atoms. The van der Waals surface area contributed by atoms with Crippen molar-refractivity contribution in [1.29, 1.82) is 0 Å². The molecule has 1 fully saturated rings. The van der Waals surface area contributed by atoms with Crippen LogP contribution in [0.4, 0.5) is 13.2 Å². The Kier molecular flexibility index (Phi) is 4.39. The highest BCUT2D eigenvalue weighted by Gasteiger charge is 2.31. The summed E-state index contributed by atoms with van der Waals surface area (Å²) >= 11 is 0. The normalized spacial score (nSPS) is 20.2. The van der Waals surface area contributed by atoms with Crippen molar-refractivity contribution in [2.75, 3.05) is 12.3 Å². The predicted octanol–water partition coefficient (Wildman–Crippen LogP) is 2.37. The van der Waals surface area contributed by atoms with Crippen LogP contribution in [0.5, 0.6) is 0 Å². The van der Waals surface area contributed by atoms with E-state index >= 15 is 0 Å². The molecule has 3 nitrogen and oxygen atoms in total. The molecule has 0 aliphatic carbocycles. The number of benzene rings is 1. The molecule has 0 saturated carbocycles. The summed E-state index contributed by atoms with van der Waals surface area (Å²) in [7, 11) is -3.41. The Morgan fingerprint density at radius 3 is 2.65 bits per heavy atom. The maximum atomic E-state index is 12.6. The van der Waals surface area contributed by atoms with Gasteiger partial charge < -0.3 is 5.32 Å². The second-order valence-corrected chi connectivity index (χ2v) is 7.16. The lowest BCUT2D eigenvalue weighted by Crippen LogP contribution is -2.30. The van der Waals surface area contributed by atoms with Crippen molar-refractivity contribution >= 4 is 9.84 Å². The van der Waals surface area contributed by atoms with Gasteiger partial charge in [0.25, 0.3) is 0 Å². The fourth-order valence-electron chi connectivity index (χ4n) is 2.36. The number of rotatable bonds is 4. The van der Waals surface area contributed by atoms with E-state index in [1.807, 2.05) is 0 Å². The Bertz CT molecular complexity index is 563. The summed E-state index contributed by atoms with van der Waals surface area (Å²) in [5, 5.41) is 3.07. The monoisotopic (exact) mass is 307 g/mol. The lowest BCUT2D eigenvalue weighted by molar-refractivity contribution is -0.137. The molecule has 1 unspecified atom stereocenters. The molecule has 0 spiro atoms. The largest absolute Gasteiger partial charge is 0.416 e. The van der Waals surface area contributed by atoms with Gasteiger partial charge in [0.15, 0.2) is 9.84 Å². The molecular weight excluding hydrogens is 291 g/mol. The number of alkyl halides is 3. The van der Waals surface area contributed by atoms with Crippen LogP contribution < -0.4 is 5.32 Å². The van der Waals surface area contributed by atoms with Crippen LogP contribution in [0.25, 0.3) is 0 Å². The minimum absolute atomic E-state index is 0.0246. The van der Waals surface area contributed by atoms with Crippen LogP contribution in [0.3, 0.4) is 0 Å². The average Bonchev–Trinajstić information content (AvgIpc) is 2.79. The van der Waals surface area contributed by atoms with Crippen LogP contribution in [0.15, 0.2) is 24.3 Å². The van der Waals surface area contributed by atoms with E-state index in [9.17, 15) is 21.6 Å². The van der Waals surface area contributed by atoms with Crippen molar-refractivity contribution < 1.29 is 21.6 Å². The molecule has 20 heavy (non-hydrogen) atoms. The second-order valence-electron chi connectivity index (χ2n) is 5.05. The Labute approximate surface area is 116 Å². The zero-order chi connectivity index (χ0) is 14.8. The van der Waals surface area contributed by atoms with Gasteiger partial charge in [0, 0.05) is 6.04 Å². The van der Waals surface area contributed by atoms with E-state index in [0.717, 1.165) is 31.5 Å². The molecule has 1 N–H and O–H groups in total. The Hall–Kier alpha value is -1.08. The highest BCUT2D eigenvalue weighted by atomic mass is 32.2. The Balaban J connectivity index is 2.08. The zero-order valence-corrected chi connectivity index (χ0v) is 11.6. The van der Waals surface area contributed by atoms with E-state index < -0.39 is 21.6 Å². The smallest absolute Gasteiger partial charge is 0.313 e. The van der Waals surface area contributed by atoms with Gasteiger partial charge in [-0.3, -0.25) is 0 Å². The summed E-state index contributed by atoms with van der Waals surface area (Å²) in [6.45, 7) is 0.795. The molecule has 1 aliphatic heterocycles. The van der Waals surface area contributed by atoms with E-state index in [0.29, 0.717) is 0 Å². The molecule has 1 aromatic rings. The van der Waals surface area contributed by atoms with Crippen LogP contribution in [-0.2, 0) is 21.8 Å². The van der Waals surface area contributed by atoms with Gasteiger partial charge in [-0.05, 0) is 31.0 Å². The van der Waals surface area contributed by atoms with Crippen molar-refractivity contribution in [3.05, 3.63) is 35.4 Å². The van der Waals surface area contributed by atoms with Gasteiger partial charge in [-0.2, -0.15) is 13.2 Å². The molecule has 1 aliphatic rings. The summed E-state index contributed by atoms with van der Waals surface area (Å²) in [6, 6.07) is 4.41. The number of hydrogen-bond donors (Lipinski definition) is 1. The van der Waals surface area contributed by atoms with Crippen molar-refractivity contribution in [1.82, 2.24) is 5.32 Å². The van der Waals surface area contributed by atoms with Gasteiger partial charge in [-0.25, -0.2) is 8.42 Å². The number of sulfone groups is 1. The van der Waals surface area contributed by atoms with Gasteiger partial charge in [0.2, 0.25) is 0 Å². The first-order valence-corrected chi connectivity index (χ1v) is 8.18. The zero-order valence-electron chi connectivity index (χ0n) is 10.8. The topological polar surface area (TPSA) is 46.2 Å². The minimum atomic E-state index is -4.45. The first-order chi connectivity index (χ1) is 9.26. The molecule has 0 radical (unpaired) electrons. The third-order valence-corrected chi connectivity index (χ3v) is 4.94. The minimum Gasteiger partial charge on any atom is -0.313 e. The van der Waals surface area contributed by atoms with Crippen LogP contribution >= 0.6 is 0 Å². The summed E-state index contributed by atoms with van der Waals surface area (Å²) < 4.78 is 61.7. The summed E-state index contributed by atoms with van der Waals surface area (Å²) in [6.07, 6.45) is -2.72. The van der Waals surface area contributed by atoms with Gasteiger partial charge in [-0.15, -0.1) is 0 Å². The second kappa shape index (κ2) is 5.73. The molecule has 7 heteroatoms. The van der Waals surface area contributed by atoms with Crippen molar-refractivity contribution in [3.8, 4) is 0 Å². The number of halogens is 3. The van der Waals surface area contributed by atoms with Crippen LogP contribution in [0.1, 0.15) is 24.0 Å². The summed E-state index contributed by atoms with van der Waals surface area (Å²) in [4.78, 5) is 0. The maximum absolute atomic E-state index is 12.6. The molecule has 0 amide bonds. The van der Waals surface area contributed by atoms with Crippen molar-refractivity contribution in [2.45, 2.75) is 30.8 Å². The fraction of sp³-hybridized carbons (Fsp3) is 0.538. The molecule has 1 atom stereocenters. The number of hydrogen-bond acceptors (Lipinski definition) is 3. The molecule has 1 saturated heterocycles. The Morgan fingerprint density at radius 2 is 2.05 bits per heavy atom. The van der Waals surface area contributed by atoms with Crippen LogP contribution in [0, 0.1) is 0 Å². The third kappa shape index (κ3) is 4.21. The maximum Gasteiger partial charge on any atom is 0.416 e. The fourth-order valence-corrected chi connectivity index (χ4v) is 4.06. The molecule has 112 valence electrons. The molecular formula is C13H16F3NO2S. The van der Waals surface area contributed by atoms with Gasteiger partial charge in [0.1, 0.15) is 0 Å². The summed E-state index contributed by atoms with van der Waals surface area (Å²) in [5.41, 5.74) is -0.637. The lowest BCUT2D eigenvalue weighted by atomic mass is 10.1. The molecule has 1 aromatic carbocycles. The van der Waals surface area contributed by atoms with Gasteiger partial charge in [0.05, 0.1) is 17.1 Å². The SMILES string of the molecule is O=S(=O)(Cc1cccc(C(F)(F)F)c1)CC1CCCN1. The quantitative estimate of drug-likeness (QED) is 0.929. The van der Waals surface area contributed by atoms with E-state index in [4.69, 9.17) is 0 Å². The van der Waals surface area contributed by atoms with Crippen molar-refractivity contribution in [3.63, 3.8) is 0 Å². The summed E-state index contributed by atoms with van der Waals surface area (Å²) in [5.74, 6) is -0.377. The average molecular weight is 307 g/mol. The Morgan fingerprint density at radius 1 is 1.30 bits per heavy atom. The predicted molar refractivity (Wildman–Crippen MR) is 70.0 cm³/mol. The van der Waals surface area contributed by atoms with Crippen molar-refractivity contribution in [2.24, 2.45) is 0 Å². The molecule has 0 aromatic heterocycles. The number of nitrogens with one attached hydrogen (secondary N) is 1. The molecule has 2 rings (SSSR count). The van der Waals surface area contributed by atoms with E-state index in [-0.39, 0.29) is 23.1 Å². The first kappa shape index (κ1) is 15.3. The van der Waals surface area contributed by atoms with E-state index in [1.54, 1.807) is 0 Å². The lowest BCUT2D eigenvalue weighted by Gasteiger charge is -2.12. The molecule has 1 heterocycles. The van der Waals surface area contributed by atoms with E-state index in [1.165, 1.54) is 12.1 Å². The highest BCUT2D eigenvalue weighted by Crippen LogP contribution is 2.30. The third-order valence-electron chi connectivity index (χ3n) is 3.26. The van der Waals surface area contributed by atoms with Gasteiger partial charge >= 0.3 is 6.18 Å².